The Labute approximate surface area is 81.6 Å². The Kier molecular flexibility index (Phi) is 3.07. The average Bonchev–Trinajstić information content (AvgIpc) is 2.21. The fraction of sp³-hybridized carbons (Fsp3) is 0.500. The van der Waals surface area contributed by atoms with Crippen molar-refractivity contribution < 1.29 is 0 Å². The predicted octanol–water partition coefficient (Wildman–Crippen LogP) is 2.77. The Morgan fingerprint density at radius 1 is 0.923 bits per heavy atom. The van der Waals surface area contributed by atoms with E-state index in [9.17, 15) is 0 Å². The Hall–Kier alpha value is -0.715. The number of hydrogen-bond donors (Lipinski definition) is 0. The summed E-state index contributed by atoms with van der Waals surface area (Å²) >= 11 is 0. The molecular weight excluding hydrogens is 155 g/mol. The van der Waals surface area contributed by atoms with E-state index in [1.54, 1.807) is 0 Å². The van der Waals surface area contributed by atoms with Crippen LogP contribution in [-0.4, -0.2) is 7.28 Å². The smallest absolute Gasteiger partial charge is 0.0875 e. The summed E-state index contributed by atoms with van der Waals surface area (Å²) in [6.45, 7) is 0. The van der Waals surface area contributed by atoms with Crippen molar-refractivity contribution >= 4 is 12.7 Å². The summed E-state index contributed by atoms with van der Waals surface area (Å²) in [6, 6.07) is 10.7. The molecule has 0 spiro atoms. The lowest BCUT2D eigenvalue weighted by molar-refractivity contribution is 0.502. The van der Waals surface area contributed by atoms with E-state index in [4.69, 9.17) is 0 Å². The minimum Gasteiger partial charge on any atom is -0.0875 e. The second kappa shape index (κ2) is 4.50. The summed E-state index contributed by atoms with van der Waals surface area (Å²) in [5, 5.41) is 0. The molecule has 0 heterocycles. The molecule has 1 heteroatoms. The van der Waals surface area contributed by atoms with Crippen molar-refractivity contribution in [2.75, 3.05) is 0 Å². The van der Waals surface area contributed by atoms with Gasteiger partial charge >= 0.3 is 0 Å². The fourth-order valence-corrected chi connectivity index (χ4v) is 2.14. The topological polar surface area (TPSA) is 0 Å². The maximum atomic E-state index is 2.44. The van der Waals surface area contributed by atoms with Crippen molar-refractivity contribution in [2.45, 2.75) is 37.9 Å². The van der Waals surface area contributed by atoms with Crippen molar-refractivity contribution in [3.05, 3.63) is 30.3 Å². The van der Waals surface area contributed by atoms with E-state index in [0.29, 0.717) is 0 Å². The standard InChI is InChI=1S/C12H16B/c1-3-7-11(8-4-1)13-12-9-5-2-6-10-12/h1,3-4,7-8,12H,2,5-6,9-10H2. The van der Waals surface area contributed by atoms with Gasteiger partial charge in [-0.15, -0.1) is 0 Å². The minimum absolute atomic E-state index is 0.844. The van der Waals surface area contributed by atoms with Crippen LogP contribution in [0.5, 0.6) is 0 Å². The van der Waals surface area contributed by atoms with Gasteiger partial charge in [-0.25, -0.2) is 0 Å². The Balaban J connectivity index is 1.90. The van der Waals surface area contributed by atoms with E-state index in [2.05, 4.69) is 37.6 Å². The van der Waals surface area contributed by atoms with Crippen LogP contribution in [0.4, 0.5) is 0 Å². The average molecular weight is 171 g/mol. The van der Waals surface area contributed by atoms with Crippen LogP contribution in [0.2, 0.25) is 5.82 Å². The lowest BCUT2D eigenvalue weighted by Gasteiger charge is -2.20. The Bertz CT molecular complexity index is 237. The first-order valence-electron chi connectivity index (χ1n) is 5.35. The molecule has 0 unspecified atom stereocenters. The van der Waals surface area contributed by atoms with Gasteiger partial charge in [0.1, 0.15) is 0 Å². The van der Waals surface area contributed by atoms with Crippen LogP contribution in [0.3, 0.4) is 0 Å². The van der Waals surface area contributed by atoms with Crippen LogP contribution >= 0.6 is 0 Å². The van der Waals surface area contributed by atoms with Gasteiger partial charge in [0.25, 0.3) is 0 Å². The molecule has 1 aromatic carbocycles. The molecule has 1 fully saturated rings. The van der Waals surface area contributed by atoms with Gasteiger partial charge in [-0.3, -0.25) is 0 Å². The van der Waals surface area contributed by atoms with Crippen LogP contribution in [0.1, 0.15) is 32.1 Å². The van der Waals surface area contributed by atoms with Crippen molar-refractivity contribution in [3.63, 3.8) is 0 Å². The van der Waals surface area contributed by atoms with Gasteiger partial charge in [-0.1, -0.05) is 73.7 Å². The molecule has 0 aromatic heterocycles. The van der Waals surface area contributed by atoms with Gasteiger partial charge in [0.05, 0.1) is 0 Å². The van der Waals surface area contributed by atoms with Crippen LogP contribution < -0.4 is 5.46 Å². The van der Waals surface area contributed by atoms with E-state index >= 15 is 0 Å². The first-order chi connectivity index (χ1) is 6.45. The summed E-state index contributed by atoms with van der Waals surface area (Å²) < 4.78 is 0. The first kappa shape index (κ1) is 8.86. The predicted molar refractivity (Wildman–Crippen MR) is 58.7 cm³/mol. The zero-order chi connectivity index (χ0) is 8.93. The molecule has 0 bridgehead atoms. The SMILES string of the molecule is [B](c1ccccc1)C1CCCCC1. The molecule has 1 aliphatic rings. The van der Waals surface area contributed by atoms with Crippen LogP contribution in [0, 0.1) is 0 Å². The molecule has 0 nitrogen and oxygen atoms in total. The lowest BCUT2D eigenvalue weighted by Crippen LogP contribution is -2.20. The summed E-state index contributed by atoms with van der Waals surface area (Å²) in [5.41, 5.74) is 1.40. The molecule has 1 aliphatic carbocycles. The first-order valence-corrected chi connectivity index (χ1v) is 5.35. The van der Waals surface area contributed by atoms with Gasteiger partial charge in [-0.05, 0) is 0 Å². The number of benzene rings is 1. The monoisotopic (exact) mass is 171 g/mol. The highest BCUT2D eigenvalue weighted by Crippen LogP contribution is 2.27. The van der Waals surface area contributed by atoms with Crippen molar-refractivity contribution in [1.29, 1.82) is 0 Å². The second-order valence-electron chi connectivity index (χ2n) is 3.98. The summed E-state index contributed by atoms with van der Waals surface area (Å²) in [4.78, 5) is 0. The zero-order valence-electron chi connectivity index (χ0n) is 8.08. The highest BCUT2D eigenvalue weighted by atomic mass is 14.1. The molecule has 1 aromatic rings. The quantitative estimate of drug-likeness (QED) is 0.600. The van der Waals surface area contributed by atoms with Crippen LogP contribution in [0.15, 0.2) is 30.3 Å². The number of hydrogen-bond acceptors (Lipinski definition) is 0. The van der Waals surface area contributed by atoms with Gasteiger partial charge in [-0.2, -0.15) is 0 Å². The van der Waals surface area contributed by atoms with Gasteiger partial charge in [0.15, 0.2) is 7.28 Å². The third kappa shape index (κ3) is 2.62. The molecular formula is C12H16B. The molecule has 1 saturated carbocycles. The molecule has 0 saturated heterocycles. The van der Waals surface area contributed by atoms with Crippen molar-refractivity contribution in [1.82, 2.24) is 0 Å². The number of rotatable bonds is 2. The van der Waals surface area contributed by atoms with Crippen molar-refractivity contribution in [3.8, 4) is 0 Å². The molecule has 67 valence electrons. The van der Waals surface area contributed by atoms with Gasteiger partial charge in [0.2, 0.25) is 0 Å². The molecule has 1 radical (unpaired) electrons. The normalized spacial score (nSPS) is 18.5. The zero-order valence-corrected chi connectivity index (χ0v) is 8.08. The van der Waals surface area contributed by atoms with E-state index in [0.717, 1.165) is 5.82 Å². The molecule has 2 rings (SSSR count). The van der Waals surface area contributed by atoms with E-state index in [1.807, 2.05) is 0 Å². The Morgan fingerprint density at radius 3 is 2.31 bits per heavy atom. The van der Waals surface area contributed by atoms with Gasteiger partial charge < -0.3 is 0 Å². The minimum atomic E-state index is 0.844. The Morgan fingerprint density at radius 2 is 1.62 bits per heavy atom. The maximum absolute atomic E-state index is 2.44. The molecule has 0 N–H and O–H groups in total. The third-order valence-electron chi connectivity index (χ3n) is 2.88. The van der Waals surface area contributed by atoms with E-state index < -0.39 is 0 Å². The third-order valence-corrected chi connectivity index (χ3v) is 2.88. The van der Waals surface area contributed by atoms with E-state index in [1.165, 1.54) is 37.6 Å². The van der Waals surface area contributed by atoms with Crippen LogP contribution in [-0.2, 0) is 0 Å². The maximum Gasteiger partial charge on any atom is 0.154 e. The second-order valence-corrected chi connectivity index (χ2v) is 3.98. The van der Waals surface area contributed by atoms with E-state index in [-0.39, 0.29) is 0 Å². The summed E-state index contributed by atoms with van der Waals surface area (Å²) in [6.07, 6.45) is 7.09. The van der Waals surface area contributed by atoms with Crippen molar-refractivity contribution in [2.24, 2.45) is 0 Å². The van der Waals surface area contributed by atoms with Crippen LogP contribution in [0.25, 0.3) is 0 Å². The lowest BCUT2D eigenvalue weighted by atomic mass is 9.55. The van der Waals surface area contributed by atoms with Gasteiger partial charge in [0, 0.05) is 0 Å². The fourth-order valence-electron chi connectivity index (χ4n) is 2.14. The molecule has 0 aliphatic heterocycles. The largest absolute Gasteiger partial charge is 0.154 e. The highest BCUT2D eigenvalue weighted by Gasteiger charge is 2.14. The molecule has 0 atom stereocenters. The molecule has 13 heavy (non-hydrogen) atoms. The molecule has 0 amide bonds. The highest BCUT2D eigenvalue weighted by molar-refractivity contribution is 6.54. The summed E-state index contributed by atoms with van der Waals surface area (Å²) in [5.74, 6) is 0.844. The summed E-state index contributed by atoms with van der Waals surface area (Å²) in [7, 11) is 2.44.